The Hall–Kier alpha value is -3.78. The summed E-state index contributed by atoms with van der Waals surface area (Å²) in [6, 6.07) is 16.1. The van der Waals surface area contributed by atoms with E-state index in [0.717, 1.165) is 20.5 Å². The number of anilines is 2. The van der Waals surface area contributed by atoms with E-state index >= 15 is 0 Å². The van der Waals surface area contributed by atoms with Crippen molar-refractivity contribution >= 4 is 51.0 Å². The lowest BCUT2D eigenvalue weighted by Crippen LogP contribution is -2.29. The number of carbonyl (C=O) groups excluding carboxylic acids is 4. The summed E-state index contributed by atoms with van der Waals surface area (Å²) in [7, 11) is 0. The van der Waals surface area contributed by atoms with Crippen molar-refractivity contribution in [3.05, 3.63) is 93.0 Å². The zero-order chi connectivity index (χ0) is 23.7. The first-order chi connectivity index (χ1) is 15.8. The molecule has 0 saturated carbocycles. The van der Waals surface area contributed by atoms with Gasteiger partial charge in [-0.2, -0.15) is 0 Å². The Balaban J connectivity index is 1.44. The second kappa shape index (κ2) is 8.99. The molecule has 1 heterocycles. The van der Waals surface area contributed by atoms with Gasteiger partial charge in [0.2, 0.25) is 0 Å². The van der Waals surface area contributed by atoms with E-state index < -0.39 is 30.3 Å². The Labute approximate surface area is 198 Å². The average molecular weight is 507 g/mol. The van der Waals surface area contributed by atoms with E-state index in [1.54, 1.807) is 42.5 Å². The number of nitrogens with one attached hydrogen (secondary N) is 1. The third kappa shape index (κ3) is 4.29. The van der Waals surface area contributed by atoms with E-state index in [9.17, 15) is 19.2 Å². The van der Waals surface area contributed by atoms with Crippen molar-refractivity contribution in [2.24, 2.45) is 0 Å². The number of amides is 3. The minimum absolute atomic E-state index is 0.118. The zero-order valence-corrected chi connectivity index (χ0v) is 19.4. The smallest absolute Gasteiger partial charge is 0.338 e. The van der Waals surface area contributed by atoms with Crippen LogP contribution in [0.4, 0.5) is 11.4 Å². The van der Waals surface area contributed by atoms with Crippen molar-refractivity contribution in [3.8, 4) is 0 Å². The molecule has 0 aliphatic carbocycles. The average Bonchev–Trinajstić information content (AvgIpc) is 3.08. The van der Waals surface area contributed by atoms with Crippen molar-refractivity contribution in [2.45, 2.75) is 13.8 Å². The van der Waals surface area contributed by atoms with Gasteiger partial charge in [-0.15, -0.1) is 0 Å². The molecule has 1 aliphatic heterocycles. The van der Waals surface area contributed by atoms with Gasteiger partial charge >= 0.3 is 5.97 Å². The summed E-state index contributed by atoms with van der Waals surface area (Å²) < 4.78 is 6.07. The number of halogens is 1. The lowest BCUT2D eigenvalue weighted by atomic mass is 10.1. The van der Waals surface area contributed by atoms with Crippen LogP contribution in [0.25, 0.3) is 0 Å². The number of hydrogen-bond donors (Lipinski definition) is 1. The molecule has 3 amide bonds. The van der Waals surface area contributed by atoms with E-state index in [1.165, 1.54) is 12.1 Å². The predicted octanol–water partition coefficient (Wildman–Crippen LogP) is 4.66. The number of nitrogens with zero attached hydrogens (tertiary/aromatic N) is 1. The van der Waals surface area contributed by atoms with Crippen LogP contribution in [-0.4, -0.2) is 30.3 Å². The number of fused-ring (bicyclic) bond motifs is 1. The summed E-state index contributed by atoms with van der Waals surface area (Å²) in [5.74, 6) is -2.14. The van der Waals surface area contributed by atoms with Gasteiger partial charge in [-0.1, -0.05) is 34.1 Å². The Morgan fingerprint density at radius 2 is 1.58 bits per heavy atom. The molecule has 7 nitrogen and oxygen atoms in total. The van der Waals surface area contributed by atoms with Crippen LogP contribution >= 0.6 is 15.9 Å². The highest BCUT2D eigenvalue weighted by Gasteiger charge is 2.36. The van der Waals surface area contributed by atoms with Gasteiger partial charge in [0.05, 0.1) is 22.4 Å². The maximum Gasteiger partial charge on any atom is 0.338 e. The second-order valence-corrected chi connectivity index (χ2v) is 8.37. The molecular formula is C25H19BrN2O5. The molecule has 1 aliphatic rings. The Bertz CT molecular complexity index is 1280. The SMILES string of the molecule is Cc1c(Br)ccc(NC(=O)COC(=O)c2cccc(N3C(=O)c4ccccc4C3=O)c2)c1C. The quantitative estimate of drug-likeness (QED) is 0.401. The molecule has 0 fully saturated rings. The molecule has 0 radical (unpaired) electrons. The number of ether oxygens (including phenoxy) is 1. The number of rotatable bonds is 5. The maximum atomic E-state index is 12.7. The first-order valence-corrected chi connectivity index (χ1v) is 10.9. The largest absolute Gasteiger partial charge is 0.452 e. The molecule has 3 aromatic rings. The van der Waals surface area contributed by atoms with Gasteiger partial charge in [-0.25, -0.2) is 9.69 Å². The van der Waals surface area contributed by atoms with E-state index in [2.05, 4.69) is 21.2 Å². The van der Waals surface area contributed by atoms with Gasteiger partial charge < -0.3 is 10.1 Å². The fourth-order valence-electron chi connectivity index (χ4n) is 3.52. The highest BCUT2D eigenvalue weighted by molar-refractivity contribution is 9.10. The zero-order valence-electron chi connectivity index (χ0n) is 17.8. The summed E-state index contributed by atoms with van der Waals surface area (Å²) in [6.07, 6.45) is 0. The van der Waals surface area contributed by atoms with Crippen LogP contribution < -0.4 is 10.2 Å². The van der Waals surface area contributed by atoms with Crippen LogP contribution in [0.3, 0.4) is 0 Å². The Morgan fingerprint density at radius 1 is 0.909 bits per heavy atom. The maximum absolute atomic E-state index is 12.7. The van der Waals surface area contributed by atoms with Crippen molar-refractivity contribution in [1.82, 2.24) is 0 Å². The molecule has 8 heteroatoms. The standard InChI is InChI=1S/C25H19BrN2O5/c1-14-15(2)21(11-10-20(14)26)27-22(29)13-33-25(32)16-6-5-7-17(12-16)28-23(30)18-8-3-4-9-19(18)24(28)31/h3-12H,13H2,1-2H3,(H,27,29). The molecule has 4 rings (SSSR count). The Morgan fingerprint density at radius 3 is 2.24 bits per heavy atom. The van der Waals surface area contributed by atoms with E-state index in [-0.39, 0.29) is 11.3 Å². The number of hydrogen-bond acceptors (Lipinski definition) is 5. The van der Waals surface area contributed by atoms with Crippen LogP contribution in [-0.2, 0) is 9.53 Å². The summed E-state index contributed by atoms with van der Waals surface area (Å²) in [5, 5.41) is 2.73. The molecule has 0 aromatic heterocycles. The van der Waals surface area contributed by atoms with Gasteiger partial charge in [0.15, 0.2) is 6.61 Å². The van der Waals surface area contributed by atoms with Gasteiger partial charge in [0, 0.05) is 10.2 Å². The summed E-state index contributed by atoms with van der Waals surface area (Å²) in [6.45, 7) is 3.33. The van der Waals surface area contributed by atoms with Crippen LogP contribution in [0.15, 0.2) is 65.1 Å². The topological polar surface area (TPSA) is 92.8 Å². The third-order valence-electron chi connectivity index (χ3n) is 5.46. The first-order valence-electron chi connectivity index (χ1n) is 10.1. The summed E-state index contributed by atoms with van der Waals surface area (Å²) >= 11 is 3.44. The highest BCUT2D eigenvalue weighted by Crippen LogP contribution is 2.29. The van der Waals surface area contributed by atoms with E-state index in [0.29, 0.717) is 16.8 Å². The fourth-order valence-corrected chi connectivity index (χ4v) is 3.95. The molecular weight excluding hydrogens is 488 g/mol. The molecule has 1 N–H and O–H groups in total. The number of esters is 1. The van der Waals surface area contributed by atoms with E-state index in [4.69, 9.17) is 4.74 Å². The highest BCUT2D eigenvalue weighted by atomic mass is 79.9. The number of benzene rings is 3. The van der Waals surface area contributed by atoms with Crippen molar-refractivity contribution in [3.63, 3.8) is 0 Å². The number of carbonyl (C=O) groups is 4. The van der Waals surface area contributed by atoms with E-state index in [1.807, 2.05) is 19.9 Å². The monoisotopic (exact) mass is 506 g/mol. The predicted molar refractivity (Wildman–Crippen MR) is 127 cm³/mol. The lowest BCUT2D eigenvalue weighted by molar-refractivity contribution is -0.119. The molecule has 0 unspecified atom stereocenters. The second-order valence-electron chi connectivity index (χ2n) is 7.51. The molecule has 33 heavy (non-hydrogen) atoms. The van der Waals surface area contributed by atoms with Gasteiger partial charge in [0.1, 0.15) is 0 Å². The summed E-state index contributed by atoms with van der Waals surface area (Å²) in [4.78, 5) is 51.2. The van der Waals surface area contributed by atoms with Crippen LogP contribution in [0, 0.1) is 13.8 Å². The minimum Gasteiger partial charge on any atom is -0.452 e. The van der Waals surface area contributed by atoms with Crippen molar-refractivity contribution in [2.75, 3.05) is 16.8 Å². The number of imide groups is 1. The van der Waals surface area contributed by atoms with Gasteiger partial charge in [-0.3, -0.25) is 14.4 Å². The molecule has 3 aromatic carbocycles. The molecule has 0 atom stereocenters. The van der Waals surface area contributed by atoms with Crippen LogP contribution in [0.1, 0.15) is 42.2 Å². The van der Waals surface area contributed by atoms with Gasteiger partial charge in [-0.05, 0) is 67.4 Å². The molecule has 0 spiro atoms. The van der Waals surface area contributed by atoms with Crippen molar-refractivity contribution in [1.29, 1.82) is 0 Å². The first kappa shape index (κ1) is 22.4. The lowest BCUT2D eigenvalue weighted by Gasteiger charge is -2.15. The molecule has 166 valence electrons. The molecule has 0 saturated heterocycles. The fraction of sp³-hybridized carbons (Fsp3) is 0.120. The van der Waals surface area contributed by atoms with Gasteiger partial charge in [0.25, 0.3) is 17.7 Å². The van der Waals surface area contributed by atoms with Crippen LogP contribution in [0.5, 0.6) is 0 Å². The van der Waals surface area contributed by atoms with Crippen molar-refractivity contribution < 1.29 is 23.9 Å². The summed E-state index contributed by atoms with van der Waals surface area (Å²) in [5.41, 5.74) is 3.52. The third-order valence-corrected chi connectivity index (χ3v) is 6.32. The molecule has 0 bridgehead atoms. The minimum atomic E-state index is -0.743. The normalized spacial score (nSPS) is 12.5. The Kier molecular flexibility index (Phi) is 6.11. The van der Waals surface area contributed by atoms with Crippen LogP contribution in [0.2, 0.25) is 0 Å².